The molecule has 0 radical (unpaired) electrons. The summed E-state index contributed by atoms with van der Waals surface area (Å²) in [6, 6.07) is 4.50. The van der Waals surface area contributed by atoms with E-state index < -0.39 is 0 Å². The Morgan fingerprint density at radius 1 is 1.33 bits per heavy atom. The van der Waals surface area contributed by atoms with E-state index in [2.05, 4.69) is 52.1 Å². The molecule has 0 N–H and O–H groups in total. The standard InChI is InChI=1S/C22H30N2O2S/c1-6-16(4)24(22(25)18-7-8-18)11-19-13-27-21(23-19)12-26-20-10-14(2)9-15(3)17(20)5/h9-10,13,16,18H,6-8,11-12H2,1-5H3/t16-/m0/s1. The Morgan fingerprint density at radius 2 is 2.07 bits per heavy atom. The predicted molar refractivity (Wildman–Crippen MR) is 110 cm³/mol. The lowest BCUT2D eigenvalue weighted by atomic mass is 10.1. The monoisotopic (exact) mass is 386 g/mol. The molecular weight excluding hydrogens is 356 g/mol. The first kappa shape index (κ1) is 19.9. The van der Waals surface area contributed by atoms with Gasteiger partial charge in [-0.1, -0.05) is 13.0 Å². The molecule has 0 bridgehead atoms. The number of aryl methyl sites for hydroxylation is 2. The molecular formula is C22H30N2O2S. The van der Waals surface area contributed by atoms with Gasteiger partial charge < -0.3 is 9.64 Å². The van der Waals surface area contributed by atoms with E-state index in [1.165, 1.54) is 16.7 Å². The number of amides is 1. The van der Waals surface area contributed by atoms with Gasteiger partial charge in [-0.25, -0.2) is 4.98 Å². The number of nitrogens with zero attached hydrogens (tertiary/aromatic N) is 2. The highest BCUT2D eigenvalue weighted by Crippen LogP contribution is 2.32. The molecule has 0 aliphatic heterocycles. The van der Waals surface area contributed by atoms with Gasteiger partial charge in [0.25, 0.3) is 0 Å². The highest BCUT2D eigenvalue weighted by Gasteiger charge is 2.35. The van der Waals surface area contributed by atoms with Gasteiger partial charge in [0.05, 0.1) is 12.2 Å². The molecule has 27 heavy (non-hydrogen) atoms. The van der Waals surface area contributed by atoms with Crippen molar-refractivity contribution in [2.45, 2.75) is 73.1 Å². The molecule has 5 heteroatoms. The minimum absolute atomic E-state index is 0.243. The van der Waals surface area contributed by atoms with Gasteiger partial charge in [-0.2, -0.15) is 0 Å². The molecule has 1 aliphatic carbocycles. The third-order valence-corrected chi connectivity index (χ3v) is 6.25. The lowest BCUT2D eigenvalue weighted by Crippen LogP contribution is -2.38. The van der Waals surface area contributed by atoms with E-state index in [9.17, 15) is 4.79 Å². The SMILES string of the molecule is CC[C@H](C)N(Cc1csc(COc2cc(C)cc(C)c2C)n1)C(=O)C1CC1. The summed E-state index contributed by atoms with van der Waals surface area (Å²) in [7, 11) is 0. The number of carbonyl (C=O) groups excluding carboxylic acids is 1. The number of aromatic nitrogens is 1. The molecule has 1 saturated carbocycles. The minimum Gasteiger partial charge on any atom is -0.486 e. The maximum atomic E-state index is 12.6. The van der Waals surface area contributed by atoms with E-state index in [1.54, 1.807) is 11.3 Å². The van der Waals surface area contributed by atoms with Crippen LogP contribution in [0.15, 0.2) is 17.5 Å². The van der Waals surface area contributed by atoms with E-state index in [0.717, 1.165) is 35.7 Å². The van der Waals surface area contributed by atoms with Crippen LogP contribution in [0.3, 0.4) is 0 Å². The van der Waals surface area contributed by atoms with Crippen LogP contribution in [0.1, 0.15) is 60.5 Å². The molecule has 4 nitrogen and oxygen atoms in total. The summed E-state index contributed by atoms with van der Waals surface area (Å²) in [5.74, 6) is 1.46. The minimum atomic E-state index is 0.243. The molecule has 1 amide bonds. The van der Waals surface area contributed by atoms with Crippen LogP contribution in [0.2, 0.25) is 0 Å². The summed E-state index contributed by atoms with van der Waals surface area (Å²) >= 11 is 1.61. The molecule has 1 aromatic carbocycles. The van der Waals surface area contributed by atoms with Crippen LogP contribution < -0.4 is 4.74 Å². The molecule has 0 saturated heterocycles. The van der Waals surface area contributed by atoms with Gasteiger partial charge in [0, 0.05) is 17.3 Å². The van der Waals surface area contributed by atoms with E-state index in [0.29, 0.717) is 19.1 Å². The van der Waals surface area contributed by atoms with Gasteiger partial charge in [0.15, 0.2) is 0 Å². The zero-order chi connectivity index (χ0) is 19.6. The van der Waals surface area contributed by atoms with Crippen molar-refractivity contribution in [1.82, 2.24) is 9.88 Å². The van der Waals surface area contributed by atoms with E-state index >= 15 is 0 Å². The molecule has 0 spiro atoms. The number of rotatable bonds is 8. The highest BCUT2D eigenvalue weighted by atomic mass is 32.1. The van der Waals surface area contributed by atoms with E-state index in [-0.39, 0.29) is 12.0 Å². The van der Waals surface area contributed by atoms with Crippen molar-refractivity contribution in [1.29, 1.82) is 0 Å². The Bertz CT molecular complexity index is 811. The Hall–Kier alpha value is -1.88. The van der Waals surface area contributed by atoms with Crippen LogP contribution >= 0.6 is 11.3 Å². The number of carbonyl (C=O) groups is 1. The van der Waals surface area contributed by atoms with Crippen molar-refractivity contribution in [2.24, 2.45) is 5.92 Å². The summed E-state index contributed by atoms with van der Waals surface area (Å²) < 4.78 is 6.03. The first-order chi connectivity index (χ1) is 12.9. The second-order valence-corrected chi connectivity index (χ2v) is 8.67. The number of thiazole rings is 1. The van der Waals surface area contributed by atoms with Crippen LogP contribution in [0, 0.1) is 26.7 Å². The lowest BCUT2D eigenvalue weighted by Gasteiger charge is -2.28. The van der Waals surface area contributed by atoms with Gasteiger partial charge in [0.1, 0.15) is 17.4 Å². The average Bonchev–Trinajstić information content (AvgIpc) is 3.40. The number of hydrogen-bond donors (Lipinski definition) is 0. The van der Waals surface area contributed by atoms with Gasteiger partial charge in [0.2, 0.25) is 5.91 Å². The largest absolute Gasteiger partial charge is 0.486 e. The molecule has 1 fully saturated rings. The summed E-state index contributed by atoms with van der Waals surface area (Å²) in [4.78, 5) is 19.3. The lowest BCUT2D eigenvalue weighted by molar-refractivity contribution is -0.135. The Labute approximate surface area is 166 Å². The topological polar surface area (TPSA) is 42.4 Å². The quantitative estimate of drug-likeness (QED) is 0.627. The summed E-state index contributed by atoms with van der Waals surface area (Å²) in [5, 5.41) is 3.01. The first-order valence-electron chi connectivity index (χ1n) is 9.83. The fourth-order valence-corrected chi connectivity index (χ4v) is 3.88. The number of benzene rings is 1. The van der Waals surface area contributed by atoms with Gasteiger partial charge >= 0.3 is 0 Å². The van der Waals surface area contributed by atoms with Crippen molar-refractivity contribution in [3.63, 3.8) is 0 Å². The van der Waals surface area contributed by atoms with Crippen LogP contribution in [0.5, 0.6) is 5.75 Å². The zero-order valence-corrected chi connectivity index (χ0v) is 17.9. The molecule has 2 aromatic rings. The van der Waals surface area contributed by atoms with Crippen LogP contribution in [-0.2, 0) is 17.9 Å². The molecule has 1 aliphatic rings. The second kappa shape index (κ2) is 8.42. The molecule has 1 heterocycles. The fourth-order valence-electron chi connectivity index (χ4n) is 3.19. The molecule has 3 rings (SSSR count). The first-order valence-corrected chi connectivity index (χ1v) is 10.7. The summed E-state index contributed by atoms with van der Waals surface area (Å²) in [6.07, 6.45) is 3.04. The van der Waals surface area contributed by atoms with Crippen molar-refractivity contribution >= 4 is 17.2 Å². The Balaban J connectivity index is 1.64. The van der Waals surface area contributed by atoms with Crippen LogP contribution in [-0.4, -0.2) is 21.8 Å². The zero-order valence-electron chi connectivity index (χ0n) is 17.0. The van der Waals surface area contributed by atoms with Crippen LogP contribution in [0.25, 0.3) is 0 Å². The fraction of sp³-hybridized carbons (Fsp3) is 0.545. The highest BCUT2D eigenvalue weighted by molar-refractivity contribution is 7.09. The van der Waals surface area contributed by atoms with Gasteiger partial charge in [-0.05, 0) is 69.7 Å². The van der Waals surface area contributed by atoms with Gasteiger partial charge in [-0.3, -0.25) is 4.79 Å². The van der Waals surface area contributed by atoms with Crippen molar-refractivity contribution < 1.29 is 9.53 Å². The van der Waals surface area contributed by atoms with E-state index in [1.807, 2.05) is 4.90 Å². The maximum absolute atomic E-state index is 12.6. The maximum Gasteiger partial charge on any atom is 0.226 e. The molecule has 1 aromatic heterocycles. The Morgan fingerprint density at radius 3 is 2.74 bits per heavy atom. The van der Waals surface area contributed by atoms with Crippen molar-refractivity contribution in [3.05, 3.63) is 44.9 Å². The van der Waals surface area contributed by atoms with Crippen molar-refractivity contribution in [3.8, 4) is 5.75 Å². The molecule has 1 atom stereocenters. The van der Waals surface area contributed by atoms with Gasteiger partial charge in [-0.15, -0.1) is 11.3 Å². The predicted octanol–water partition coefficient (Wildman–Crippen LogP) is 5.18. The molecule has 146 valence electrons. The number of ether oxygens (including phenoxy) is 1. The summed E-state index contributed by atoms with van der Waals surface area (Å²) in [5.41, 5.74) is 4.59. The third-order valence-electron chi connectivity index (χ3n) is 5.38. The normalized spacial score (nSPS) is 14.9. The summed E-state index contributed by atoms with van der Waals surface area (Å²) in [6.45, 7) is 11.6. The molecule has 0 unspecified atom stereocenters. The third kappa shape index (κ3) is 4.89. The van der Waals surface area contributed by atoms with E-state index in [4.69, 9.17) is 9.72 Å². The van der Waals surface area contributed by atoms with Crippen LogP contribution in [0.4, 0.5) is 0 Å². The average molecular weight is 387 g/mol. The number of hydrogen-bond acceptors (Lipinski definition) is 4. The van der Waals surface area contributed by atoms with Crippen molar-refractivity contribution in [2.75, 3.05) is 0 Å². The second-order valence-electron chi connectivity index (χ2n) is 7.72. The Kier molecular flexibility index (Phi) is 6.20. The smallest absolute Gasteiger partial charge is 0.226 e.